The molecule has 1 saturated heterocycles. The predicted molar refractivity (Wildman–Crippen MR) is 112 cm³/mol. The summed E-state index contributed by atoms with van der Waals surface area (Å²) in [5.74, 6) is 0.418. The van der Waals surface area contributed by atoms with Crippen LogP contribution in [0.3, 0.4) is 0 Å². The molecular weight excluding hydrogens is 414 g/mol. The number of ether oxygens (including phenoxy) is 2. The number of carbonyl (C=O) groups is 1. The molecule has 1 aliphatic rings. The van der Waals surface area contributed by atoms with E-state index in [0.29, 0.717) is 40.5 Å². The van der Waals surface area contributed by atoms with E-state index in [1.165, 1.54) is 25.1 Å². The molecule has 3 rings (SSSR count). The average molecular weight is 436 g/mol. The van der Waals surface area contributed by atoms with Gasteiger partial charge in [-0.15, -0.1) is 0 Å². The van der Waals surface area contributed by atoms with Crippen LogP contribution in [0, 0.1) is 5.41 Å². The maximum Gasteiger partial charge on any atom is 0.325 e. The lowest BCUT2D eigenvalue weighted by molar-refractivity contribution is -0.139. The quantitative estimate of drug-likeness (QED) is 0.475. The van der Waals surface area contributed by atoms with Crippen molar-refractivity contribution in [3.8, 4) is 0 Å². The van der Waals surface area contributed by atoms with Gasteiger partial charge in [0.1, 0.15) is 12.2 Å². The Morgan fingerprint density at radius 1 is 1.38 bits per heavy atom. The molecule has 0 radical (unpaired) electrons. The van der Waals surface area contributed by atoms with Crippen molar-refractivity contribution in [2.45, 2.75) is 28.7 Å². The zero-order valence-electron chi connectivity index (χ0n) is 15.9. The molecule has 2 aromatic rings. The third-order valence-electron chi connectivity index (χ3n) is 4.37. The summed E-state index contributed by atoms with van der Waals surface area (Å²) in [5.41, 5.74) is 1.06. The first-order valence-electron chi connectivity index (χ1n) is 9.13. The third kappa shape index (κ3) is 5.85. The summed E-state index contributed by atoms with van der Waals surface area (Å²) in [5, 5.41) is 11.9. The molecule has 0 aliphatic carbocycles. The van der Waals surface area contributed by atoms with Crippen LogP contribution in [0.15, 0.2) is 44.9 Å². The van der Waals surface area contributed by atoms with Gasteiger partial charge in [0.05, 0.1) is 7.11 Å². The van der Waals surface area contributed by atoms with Crippen molar-refractivity contribution in [2.75, 3.05) is 26.9 Å². The molecule has 0 spiro atoms. The van der Waals surface area contributed by atoms with Crippen molar-refractivity contribution in [3.05, 3.63) is 47.1 Å². The molecule has 1 aromatic carbocycles. The topological polar surface area (TPSA) is 97.4 Å². The van der Waals surface area contributed by atoms with Crippen LogP contribution in [0.5, 0.6) is 0 Å². The minimum atomic E-state index is -0.399. The Hall–Kier alpha value is -2.29. The lowest BCUT2D eigenvalue weighted by atomic mass is 10.0. The highest BCUT2D eigenvalue weighted by Gasteiger charge is 2.25. The lowest BCUT2D eigenvalue weighted by Crippen LogP contribution is -2.19. The van der Waals surface area contributed by atoms with Crippen LogP contribution in [0.1, 0.15) is 30.3 Å². The fourth-order valence-electron chi connectivity index (χ4n) is 2.80. The zero-order chi connectivity index (χ0) is 20.6. The van der Waals surface area contributed by atoms with E-state index in [4.69, 9.17) is 31.1 Å². The monoisotopic (exact) mass is 435 g/mol. The maximum absolute atomic E-state index is 11.3. The molecule has 7 nitrogen and oxygen atoms in total. The fourth-order valence-corrected chi connectivity index (χ4v) is 3.80. The third-order valence-corrected chi connectivity index (χ3v) is 5.59. The second kappa shape index (κ2) is 10.5. The molecule has 1 aromatic heterocycles. The minimum absolute atomic E-state index is 0.00181. The first-order chi connectivity index (χ1) is 14.1. The van der Waals surface area contributed by atoms with E-state index in [1.54, 1.807) is 6.20 Å². The molecule has 1 aliphatic heterocycles. The summed E-state index contributed by atoms with van der Waals surface area (Å²) < 4.78 is 16.2. The molecule has 154 valence electrons. The number of halogens is 1. The van der Waals surface area contributed by atoms with Crippen LogP contribution in [0.2, 0.25) is 5.02 Å². The standard InChI is InChI=1S/C20H22ClN3O4S/c1-26-17(25)12-23-11-14(10-22)18-20(29-16-4-2-15(21)3-5-16)28-19(24-18)13-6-8-27-9-7-13/h2-5,10-11,13,22-23H,6-9,12H2,1H3/b14-11+,22-10?. The molecule has 0 saturated carbocycles. The number of hydrogen-bond acceptors (Lipinski definition) is 8. The highest BCUT2D eigenvalue weighted by Crippen LogP contribution is 2.37. The van der Waals surface area contributed by atoms with Gasteiger partial charge in [-0.1, -0.05) is 11.6 Å². The van der Waals surface area contributed by atoms with Gasteiger partial charge in [-0.3, -0.25) is 4.79 Å². The van der Waals surface area contributed by atoms with Crippen LogP contribution in [0.4, 0.5) is 0 Å². The molecule has 1 fully saturated rings. The second-order valence-electron chi connectivity index (χ2n) is 6.33. The van der Waals surface area contributed by atoms with Crippen LogP contribution in [-0.2, 0) is 14.3 Å². The molecule has 29 heavy (non-hydrogen) atoms. The Morgan fingerprint density at radius 2 is 2.10 bits per heavy atom. The number of benzene rings is 1. The van der Waals surface area contributed by atoms with E-state index in [9.17, 15) is 4.79 Å². The van der Waals surface area contributed by atoms with E-state index >= 15 is 0 Å². The molecule has 2 N–H and O–H groups in total. The zero-order valence-corrected chi connectivity index (χ0v) is 17.5. The Labute approximate surface area is 178 Å². The summed E-state index contributed by atoms with van der Waals surface area (Å²) in [6.45, 7) is 1.35. The van der Waals surface area contributed by atoms with E-state index in [0.717, 1.165) is 17.7 Å². The molecule has 0 unspecified atom stereocenters. The van der Waals surface area contributed by atoms with Crippen molar-refractivity contribution in [1.29, 1.82) is 5.41 Å². The number of methoxy groups -OCH3 is 1. The highest BCUT2D eigenvalue weighted by molar-refractivity contribution is 7.99. The number of aromatic nitrogens is 1. The average Bonchev–Trinajstić information content (AvgIpc) is 3.17. The maximum atomic E-state index is 11.3. The summed E-state index contributed by atoms with van der Waals surface area (Å²) in [7, 11) is 1.32. The van der Waals surface area contributed by atoms with Gasteiger partial charge in [-0.2, -0.15) is 0 Å². The van der Waals surface area contributed by atoms with Gasteiger partial charge in [0.15, 0.2) is 11.0 Å². The van der Waals surface area contributed by atoms with Gasteiger partial charge >= 0.3 is 5.97 Å². The number of rotatable bonds is 8. The van der Waals surface area contributed by atoms with Crippen molar-refractivity contribution < 1.29 is 18.7 Å². The van der Waals surface area contributed by atoms with E-state index in [1.807, 2.05) is 24.3 Å². The van der Waals surface area contributed by atoms with Gasteiger partial charge in [0.2, 0.25) is 0 Å². The lowest BCUT2D eigenvalue weighted by Gasteiger charge is -2.18. The highest BCUT2D eigenvalue weighted by atomic mass is 35.5. The van der Waals surface area contributed by atoms with Crippen LogP contribution >= 0.6 is 23.4 Å². The fraction of sp³-hybridized carbons (Fsp3) is 0.350. The van der Waals surface area contributed by atoms with Gasteiger partial charge in [0.25, 0.3) is 0 Å². The van der Waals surface area contributed by atoms with Gasteiger partial charge in [-0.25, -0.2) is 4.98 Å². The number of nitrogens with one attached hydrogen (secondary N) is 2. The number of oxazole rings is 1. The van der Waals surface area contributed by atoms with E-state index in [-0.39, 0.29) is 12.5 Å². The first kappa shape index (κ1) is 21.4. The van der Waals surface area contributed by atoms with E-state index < -0.39 is 5.97 Å². The molecular formula is C20H22ClN3O4S. The smallest absolute Gasteiger partial charge is 0.325 e. The van der Waals surface area contributed by atoms with Crippen LogP contribution in [0.25, 0.3) is 5.57 Å². The van der Waals surface area contributed by atoms with Crippen LogP contribution in [-0.4, -0.2) is 44.0 Å². The number of carbonyl (C=O) groups excluding carboxylic acids is 1. The predicted octanol–water partition coefficient (Wildman–Crippen LogP) is 4.13. The number of esters is 1. The van der Waals surface area contributed by atoms with Crippen molar-refractivity contribution in [1.82, 2.24) is 10.3 Å². The Bertz CT molecular complexity index is 876. The van der Waals surface area contributed by atoms with Crippen molar-refractivity contribution in [2.24, 2.45) is 0 Å². The number of allylic oxidation sites excluding steroid dienone is 1. The molecule has 9 heteroatoms. The first-order valence-corrected chi connectivity index (χ1v) is 10.3. The summed E-state index contributed by atoms with van der Waals surface area (Å²) in [6.07, 6.45) is 4.44. The van der Waals surface area contributed by atoms with Gasteiger partial charge in [0, 0.05) is 47.0 Å². The summed E-state index contributed by atoms with van der Waals surface area (Å²) in [6, 6.07) is 7.42. The largest absolute Gasteiger partial charge is 0.468 e. The Balaban J connectivity index is 1.89. The summed E-state index contributed by atoms with van der Waals surface area (Å²) >= 11 is 7.39. The van der Waals surface area contributed by atoms with Crippen molar-refractivity contribution in [3.63, 3.8) is 0 Å². The molecule has 0 atom stereocenters. The van der Waals surface area contributed by atoms with Gasteiger partial charge in [-0.05, 0) is 48.9 Å². The number of nitrogens with zero attached hydrogens (tertiary/aromatic N) is 1. The number of hydrogen-bond donors (Lipinski definition) is 2. The summed E-state index contributed by atoms with van der Waals surface area (Å²) in [4.78, 5) is 17.0. The molecule has 0 amide bonds. The SMILES string of the molecule is COC(=O)CN/C=C(\C=N)c1nc(C2CCOCC2)oc1Sc1ccc(Cl)cc1. The van der Waals surface area contributed by atoms with Gasteiger partial charge < -0.3 is 24.6 Å². The van der Waals surface area contributed by atoms with E-state index in [2.05, 4.69) is 10.1 Å². The Kier molecular flexibility index (Phi) is 7.74. The minimum Gasteiger partial charge on any atom is -0.468 e. The molecule has 2 heterocycles. The van der Waals surface area contributed by atoms with Crippen LogP contribution < -0.4 is 5.32 Å². The Morgan fingerprint density at radius 3 is 2.76 bits per heavy atom. The second-order valence-corrected chi connectivity index (χ2v) is 7.81. The normalized spacial score (nSPS) is 15.2. The van der Waals surface area contributed by atoms with Crippen molar-refractivity contribution >= 4 is 41.1 Å². The molecule has 0 bridgehead atoms.